The molecule has 0 bridgehead atoms. The van der Waals surface area contributed by atoms with Gasteiger partial charge in [-0.05, 0) is 44.4 Å². The van der Waals surface area contributed by atoms with Gasteiger partial charge in [0.25, 0.3) is 5.91 Å². The summed E-state index contributed by atoms with van der Waals surface area (Å²) in [6, 6.07) is 11.4. The molecule has 0 aliphatic heterocycles. The number of alkyl halides is 3. The van der Waals surface area contributed by atoms with Crippen molar-refractivity contribution in [2.24, 2.45) is 7.05 Å². The third-order valence-electron chi connectivity index (χ3n) is 5.95. The van der Waals surface area contributed by atoms with Gasteiger partial charge in [0.2, 0.25) is 11.9 Å². The molecule has 13 heteroatoms. The van der Waals surface area contributed by atoms with Crippen LogP contribution < -0.4 is 20.7 Å². The molecule has 0 atom stereocenters. The normalized spacial score (nSPS) is 11.4. The number of halogens is 3. The molecule has 2 aromatic heterocycles. The highest BCUT2D eigenvalue weighted by Gasteiger charge is 2.33. The number of benzene rings is 2. The molecule has 0 fully saturated rings. The summed E-state index contributed by atoms with van der Waals surface area (Å²) in [5.41, 5.74) is 1.74. The molecule has 0 saturated heterocycles. The number of carbonyl (C=O) groups excluding carboxylic acids is 2. The number of aryl methyl sites for hydroxylation is 1. The molecule has 214 valence electrons. The monoisotopic (exact) mass is 567 g/mol. The Kier molecular flexibility index (Phi) is 8.57. The number of nitrogens with zero attached hydrogens (tertiary/aromatic N) is 4. The van der Waals surface area contributed by atoms with Gasteiger partial charge in [0, 0.05) is 49.0 Å². The first-order valence-corrected chi connectivity index (χ1v) is 12.4. The standard InChI is InChI=1S/C28H28F3N7O3/c1-5-25(39)34-21-15-22(24(41-28(29,30)31)14-18(21)26(40)32-12-13-37(2)3)36-27-33-11-10-20(35-27)19-16-38(4)23-9-7-6-8-17(19)23/h5-11,14-16H,1,12-13H2,2-4H3,(H,32,40)(H,34,39)(H,33,35,36). The Bertz CT molecular complexity index is 1600. The lowest BCUT2D eigenvalue weighted by Gasteiger charge is -2.19. The maximum atomic E-state index is 13.4. The summed E-state index contributed by atoms with van der Waals surface area (Å²) < 4.78 is 46.4. The number of hydrogen-bond donors (Lipinski definition) is 3. The Morgan fingerprint density at radius 2 is 1.90 bits per heavy atom. The summed E-state index contributed by atoms with van der Waals surface area (Å²) in [6.45, 7) is 4.08. The summed E-state index contributed by atoms with van der Waals surface area (Å²) in [6.07, 6.45) is -0.754. The van der Waals surface area contributed by atoms with Crippen LogP contribution >= 0.6 is 0 Å². The quantitative estimate of drug-likeness (QED) is 0.238. The van der Waals surface area contributed by atoms with Gasteiger partial charge in [0.15, 0.2) is 5.75 Å². The number of para-hydroxylation sites is 1. The molecule has 0 spiro atoms. The predicted octanol–water partition coefficient (Wildman–Crippen LogP) is 4.69. The summed E-state index contributed by atoms with van der Waals surface area (Å²) >= 11 is 0. The number of hydrogen-bond acceptors (Lipinski definition) is 7. The Morgan fingerprint density at radius 3 is 2.61 bits per heavy atom. The largest absolute Gasteiger partial charge is 0.573 e. The number of rotatable bonds is 10. The topological polar surface area (TPSA) is 113 Å². The highest BCUT2D eigenvalue weighted by molar-refractivity contribution is 6.07. The first-order chi connectivity index (χ1) is 19.4. The Morgan fingerprint density at radius 1 is 1.15 bits per heavy atom. The molecule has 4 aromatic rings. The van der Waals surface area contributed by atoms with Crippen molar-refractivity contribution in [1.82, 2.24) is 24.8 Å². The Labute approximate surface area is 233 Å². The first-order valence-electron chi connectivity index (χ1n) is 12.4. The number of likely N-dealkylation sites (N-methyl/N-ethyl adjacent to an activating group) is 1. The fourth-order valence-corrected chi connectivity index (χ4v) is 4.09. The molecule has 2 heterocycles. The van der Waals surface area contributed by atoms with Crippen LogP contribution in [0.2, 0.25) is 0 Å². The summed E-state index contributed by atoms with van der Waals surface area (Å²) in [5, 5.41) is 8.77. The maximum Gasteiger partial charge on any atom is 0.573 e. The zero-order valence-electron chi connectivity index (χ0n) is 22.5. The predicted molar refractivity (Wildman–Crippen MR) is 150 cm³/mol. The molecule has 0 aliphatic carbocycles. The van der Waals surface area contributed by atoms with Crippen molar-refractivity contribution in [2.45, 2.75) is 6.36 Å². The molecular formula is C28H28F3N7O3. The smallest absolute Gasteiger partial charge is 0.404 e. The van der Waals surface area contributed by atoms with Crippen LogP contribution in [0.5, 0.6) is 5.75 Å². The van der Waals surface area contributed by atoms with Gasteiger partial charge in [-0.25, -0.2) is 9.97 Å². The second-order valence-corrected chi connectivity index (χ2v) is 9.26. The minimum absolute atomic E-state index is 0.0355. The molecule has 2 aromatic carbocycles. The maximum absolute atomic E-state index is 13.4. The number of anilines is 3. The Balaban J connectivity index is 1.76. The molecule has 0 radical (unpaired) electrons. The SMILES string of the molecule is C=CC(=O)Nc1cc(Nc2nccc(-c3cn(C)c4ccccc34)n2)c(OC(F)(F)F)cc1C(=O)NCCN(C)C. The lowest BCUT2D eigenvalue weighted by molar-refractivity contribution is -0.274. The molecule has 0 saturated carbocycles. The lowest BCUT2D eigenvalue weighted by Crippen LogP contribution is -2.32. The highest BCUT2D eigenvalue weighted by Crippen LogP contribution is 2.37. The van der Waals surface area contributed by atoms with Gasteiger partial charge in [-0.2, -0.15) is 0 Å². The van der Waals surface area contributed by atoms with Gasteiger partial charge >= 0.3 is 6.36 Å². The minimum Gasteiger partial charge on any atom is -0.404 e. The first kappa shape index (κ1) is 29.1. The van der Waals surface area contributed by atoms with E-state index in [1.165, 1.54) is 6.20 Å². The Hall–Kier alpha value is -4.91. The van der Waals surface area contributed by atoms with Crippen molar-refractivity contribution in [3.8, 4) is 17.0 Å². The number of amides is 2. The third kappa shape index (κ3) is 7.19. The highest BCUT2D eigenvalue weighted by atomic mass is 19.4. The van der Waals surface area contributed by atoms with Crippen molar-refractivity contribution < 1.29 is 27.5 Å². The van der Waals surface area contributed by atoms with Crippen LogP contribution in [0, 0.1) is 0 Å². The van der Waals surface area contributed by atoms with Crippen molar-refractivity contribution in [3.05, 3.63) is 73.1 Å². The van der Waals surface area contributed by atoms with E-state index in [4.69, 9.17) is 0 Å². The molecule has 0 aliphatic rings. The van der Waals surface area contributed by atoms with Gasteiger partial charge in [-0.3, -0.25) is 9.59 Å². The van der Waals surface area contributed by atoms with Crippen LogP contribution in [0.4, 0.5) is 30.5 Å². The summed E-state index contributed by atoms with van der Waals surface area (Å²) in [7, 11) is 5.49. The van der Waals surface area contributed by atoms with E-state index < -0.39 is 23.9 Å². The minimum atomic E-state index is -5.08. The number of carbonyl (C=O) groups is 2. The van der Waals surface area contributed by atoms with Crippen molar-refractivity contribution in [3.63, 3.8) is 0 Å². The third-order valence-corrected chi connectivity index (χ3v) is 5.95. The number of fused-ring (bicyclic) bond motifs is 1. The zero-order chi connectivity index (χ0) is 29.7. The van der Waals surface area contributed by atoms with Crippen molar-refractivity contribution in [2.75, 3.05) is 37.8 Å². The van der Waals surface area contributed by atoms with E-state index >= 15 is 0 Å². The fourth-order valence-electron chi connectivity index (χ4n) is 4.09. The second kappa shape index (κ2) is 12.1. The molecule has 3 N–H and O–H groups in total. The van der Waals surface area contributed by atoms with E-state index in [-0.39, 0.29) is 29.4 Å². The summed E-state index contributed by atoms with van der Waals surface area (Å²) in [4.78, 5) is 35.5. The number of ether oxygens (including phenoxy) is 1. The van der Waals surface area contributed by atoms with Gasteiger partial charge in [0.1, 0.15) is 0 Å². The van der Waals surface area contributed by atoms with Gasteiger partial charge in [0.05, 0.1) is 22.6 Å². The molecule has 4 rings (SSSR count). The van der Waals surface area contributed by atoms with Crippen LogP contribution in [-0.2, 0) is 11.8 Å². The molecule has 2 amide bonds. The average Bonchev–Trinajstić information content (AvgIpc) is 3.25. The van der Waals surface area contributed by atoms with E-state index in [1.54, 1.807) is 20.2 Å². The van der Waals surface area contributed by atoms with Crippen LogP contribution in [0.15, 0.2) is 67.5 Å². The molecule has 41 heavy (non-hydrogen) atoms. The fraction of sp³-hybridized carbons (Fsp3) is 0.214. The van der Waals surface area contributed by atoms with Crippen LogP contribution in [0.25, 0.3) is 22.2 Å². The van der Waals surface area contributed by atoms with Gasteiger partial charge in [-0.1, -0.05) is 24.8 Å². The zero-order valence-corrected chi connectivity index (χ0v) is 22.5. The van der Waals surface area contributed by atoms with E-state index in [1.807, 2.05) is 47.0 Å². The average molecular weight is 568 g/mol. The number of nitrogens with one attached hydrogen (secondary N) is 3. The van der Waals surface area contributed by atoms with Crippen LogP contribution in [-0.4, -0.2) is 64.8 Å². The number of aromatic nitrogens is 3. The van der Waals surface area contributed by atoms with Crippen molar-refractivity contribution >= 4 is 40.0 Å². The second-order valence-electron chi connectivity index (χ2n) is 9.26. The van der Waals surface area contributed by atoms with Gasteiger partial charge in [-0.15, -0.1) is 13.2 Å². The van der Waals surface area contributed by atoms with Gasteiger partial charge < -0.3 is 30.2 Å². The molecule has 10 nitrogen and oxygen atoms in total. The van der Waals surface area contributed by atoms with E-state index in [0.29, 0.717) is 12.2 Å². The lowest BCUT2D eigenvalue weighted by atomic mass is 10.1. The molecule has 0 unspecified atom stereocenters. The van der Waals surface area contributed by atoms with E-state index in [2.05, 4.69) is 37.2 Å². The summed E-state index contributed by atoms with van der Waals surface area (Å²) in [5.74, 6) is -2.13. The van der Waals surface area contributed by atoms with Crippen LogP contribution in [0.3, 0.4) is 0 Å². The van der Waals surface area contributed by atoms with E-state index in [0.717, 1.165) is 34.7 Å². The van der Waals surface area contributed by atoms with Crippen molar-refractivity contribution in [1.29, 1.82) is 0 Å². The molecular weight excluding hydrogens is 539 g/mol. The van der Waals surface area contributed by atoms with E-state index in [9.17, 15) is 22.8 Å². The van der Waals surface area contributed by atoms with Crippen LogP contribution in [0.1, 0.15) is 10.4 Å².